The summed E-state index contributed by atoms with van der Waals surface area (Å²) in [7, 11) is 1.41. The van der Waals surface area contributed by atoms with E-state index in [0.717, 1.165) is 18.2 Å². The Labute approximate surface area is 58.4 Å². The molecule has 1 heterocycles. The fourth-order valence-corrected chi connectivity index (χ4v) is 1.62. The lowest BCUT2D eigenvalue weighted by molar-refractivity contribution is 0.135. The largest absolute Gasteiger partial charge is 0.453 e. The van der Waals surface area contributed by atoms with Crippen molar-refractivity contribution in [3.8, 4) is 0 Å². The summed E-state index contributed by atoms with van der Waals surface area (Å²) in [5.74, 6) is 1.82. The third-order valence-electron chi connectivity index (χ3n) is 1.19. The number of ether oxygens (including phenoxy) is 1. The summed E-state index contributed by atoms with van der Waals surface area (Å²) in [6.45, 7) is 0.831. The van der Waals surface area contributed by atoms with Crippen LogP contribution < -0.4 is 0 Å². The molecule has 1 aliphatic heterocycles. The molecular weight excluding hydrogens is 138 g/mol. The molecule has 0 bridgehead atoms. The Hall–Kier alpha value is -0.380. The van der Waals surface area contributed by atoms with Crippen molar-refractivity contribution in [2.45, 2.75) is 0 Å². The van der Waals surface area contributed by atoms with Gasteiger partial charge in [0.25, 0.3) is 0 Å². The molecule has 0 aromatic carbocycles. The smallest absolute Gasteiger partial charge is 0.410 e. The van der Waals surface area contributed by atoms with E-state index < -0.39 is 0 Å². The Balaban J connectivity index is 2.32. The zero-order chi connectivity index (χ0) is 6.69. The van der Waals surface area contributed by atoms with Gasteiger partial charge >= 0.3 is 6.09 Å². The zero-order valence-corrected chi connectivity index (χ0v) is 6.11. The minimum atomic E-state index is -0.208. The molecule has 0 atom stereocenters. The minimum absolute atomic E-state index is 0.208. The van der Waals surface area contributed by atoms with E-state index >= 15 is 0 Å². The van der Waals surface area contributed by atoms with Gasteiger partial charge in [0.1, 0.15) is 0 Å². The van der Waals surface area contributed by atoms with E-state index in [2.05, 4.69) is 4.74 Å². The van der Waals surface area contributed by atoms with Crippen LogP contribution in [-0.2, 0) is 4.74 Å². The molecular formula is C5H9NO2S. The molecule has 1 fully saturated rings. The highest BCUT2D eigenvalue weighted by Gasteiger charge is 2.17. The molecule has 0 aliphatic carbocycles. The lowest BCUT2D eigenvalue weighted by Gasteiger charge is -2.10. The number of carbonyl (C=O) groups is 1. The molecule has 4 heteroatoms. The molecule has 1 saturated heterocycles. The third-order valence-corrected chi connectivity index (χ3v) is 2.15. The van der Waals surface area contributed by atoms with Gasteiger partial charge < -0.3 is 4.74 Å². The second kappa shape index (κ2) is 2.96. The predicted molar refractivity (Wildman–Crippen MR) is 36.4 cm³/mol. The van der Waals surface area contributed by atoms with E-state index in [9.17, 15) is 4.79 Å². The van der Waals surface area contributed by atoms with E-state index in [0.29, 0.717) is 0 Å². The summed E-state index contributed by atoms with van der Waals surface area (Å²) in [6.07, 6.45) is -0.208. The molecule has 0 unspecified atom stereocenters. The first-order chi connectivity index (χ1) is 4.34. The van der Waals surface area contributed by atoms with Crippen molar-refractivity contribution < 1.29 is 9.53 Å². The molecule has 0 aromatic heterocycles. The highest BCUT2D eigenvalue weighted by molar-refractivity contribution is 7.99. The number of nitrogens with zero attached hydrogens (tertiary/aromatic N) is 1. The molecule has 0 saturated carbocycles. The van der Waals surface area contributed by atoms with E-state index in [-0.39, 0.29) is 6.09 Å². The lowest BCUT2D eigenvalue weighted by Crippen LogP contribution is -2.27. The first-order valence-corrected chi connectivity index (χ1v) is 3.90. The number of thioether (sulfide) groups is 1. The van der Waals surface area contributed by atoms with Gasteiger partial charge in [0.15, 0.2) is 0 Å². The number of carbonyl (C=O) groups excluding carboxylic acids is 1. The number of hydrogen-bond acceptors (Lipinski definition) is 3. The van der Waals surface area contributed by atoms with Crippen molar-refractivity contribution in [1.82, 2.24) is 4.90 Å². The first kappa shape index (κ1) is 6.74. The Morgan fingerprint density at radius 3 is 3.00 bits per heavy atom. The van der Waals surface area contributed by atoms with Gasteiger partial charge in [-0.25, -0.2) is 4.79 Å². The standard InChI is InChI=1S/C5H9NO2S/c1-8-5(7)6-2-3-9-4-6/h2-4H2,1H3. The van der Waals surface area contributed by atoms with Crippen molar-refractivity contribution in [3.05, 3.63) is 0 Å². The second-order valence-electron chi connectivity index (χ2n) is 1.77. The summed E-state index contributed by atoms with van der Waals surface area (Å²) in [6, 6.07) is 0. The van der Waals surface area contributed by atoms with Gasteiger partial charge in [-0.05, 0) is 0 Å². The fourth-order valence-electron chi connectivity index (χ4n) is 0.687. The topological polar surface area (TPSA) is 29.5 Å². The number of rotatable bonds is 0. The molecule has 52 valence electrons. The molecule has 0 spiro atoms. The number of methoxy groups -OCH3 is 1. The molecule has 3 nitrogen and oxygen atoms in total. The second-order valence-corrected chi connectivity index (χ2v) is 2.85. The molecule has 1 rings (SSSR count). The summed E-state index contributed by atoms with van der Waals surface area (Å²) in [5, 5.41) is 0. The van der Waals surface area contributed by atoms with Gasteiger partial charge in [-0.1, -0.05) is 0 Å². The first-order valence-electron chi connectivity index (χ1n) is 2.75. The van der Waals surface area contributed by atoms with Crippen LogP contribution in [0.25, 0.3) is 0 Å². The Kier molecular flexibility index (Phi) is 2.22. The predicted octanol–water partition coefficient (Wildman–Crippen LogP) is 0.759. The van der Waals surface area contributed by atoms with Crippen LogP contribution in [0, 0.1) is 0 Å². The van der Waals surface area contributed by atoms with Crippen LogP contribution in [0.4, 0.5) is 4.79 Å². The molecule has 0 aromatic rings. The van der Waals surface area contributed by atoms with E-state index in [1.165, 1.54) is 7.11 Å². The molecule has 1 amide bonds. The van der Waals surface area contributed by atoms with Crippen LogP contribution >= 0.6 is 11.8 Å². The number of amides is 1. The Morgan fingerprint density at radius 2 is 2.56 bits per heavy atom. The Morgan fingerprint density at radius 1 is 1.78 bits per heavy atom. The van der Waals surface area contributed by atoms with Crippen molar-refractivity contribution in [2.24, 2.45) is 0 Å². The molecule has 1 aliphatic rings. The van der Waals surface area contributed by atoms with Gasteiger partial charge in [-0.15, -0.1) is 11.8 Å². The highest BCUT2D eigenvalue weighted by Crippen LogP contribution is 2.13. The maximum atomic E-state index is 10.7. The van der Waals surface area contributed by atoms with E-state index in [1.807, 2.05) is 0 Å². The maximum absolute atomic E-state index is 10.7. The van der Waals surface area contributed by atoms with Crippen molar-refractivity contribution >= 4 is 17.9 Å². The molecule has 9 heavy (non-hydrogen) atoms. The fraction of sp³-hybridized carbons (Fsp3) is 0.800. The number of hydrogen-bond donors (Lipinski definition) is 0. The molecule has 0 radical (unpaired) electrons. The van der Waals surface area contributed by atoms with E-state index in [1.54, 1.807) is 16.7 Å². The third kappa shape index (κ3) is 1.51. The summed E-state index contributed by atoms with van der Waals surface area (Å²) in [4.78, 5) is 12.4. The van der Waals surface area contributed by atoms with Crippen LogP contribution in [0.5, 0.6) is 0 Å². The molecule has 0 N–H and O–H groups in total. The Bertz CT molecular complexity index is 112. The van der Waals surface area contributed by atoms with Gasteiger partial charge in [-0.2, -0.15) is 0 Å². The van der Waals surface area contributed by atoms with Gasteiger partial charge in [0.2, 0.25) is 0 Å². The van der Waals surface area contributed by atoms with Crippen LogP contribution in [0.3, 0.4) is 0 Å². The summed E-state index contributed by atoms with van der Waals surface area (Å²) < 4.78 is 4.51. The van der Waals surface area contributed by atoms with Crippen molar-refractivity contribution in [2.75, 3.05) is 25.3 Å². The normalized spacial score (nSPS) is 18.1. The van der Waals surface area contributed by atoms with Crippen LogP contribution in [0.2, 0.25) is 0 Å². The van der Waals surface area contributed by atoms with Crippen LogP contribution in [-0.4, -0.2) is 36.3 Å². The van der Waals surface area contributed by atoms with Crippen molar-refractivity contribution in [1.29, 1.82) is 0 Å². The SMILES string of the molecule is COC(=O)N1CCSC1. The van der Waals surface area contributed by atoms with Crippen molar-refractivity contribution in [3.63, 3.8) is 0 Å². The van der Waals surface area contributed by atoms with Gasteiger partial charge in [0.05, 0.1) is 13.0 Å². The minimum Gasteiger partial charge on any atom is -0.453 e. The summed E-state index contributed by atoms with van der Waals surface area (Å²) >= 11 is 1.75. The average molecular weight is 147 g/mol. The average Bonchev–Trinajstić information content (AvgIpc) is 2.37. The van der Waals surface area contributed by atoms with E-state index in [4.69, 9.17) is 0 Å². The highest BCUT2D eigenvalue weighted by atomic mass is 32.2. The monoisotopic (exact) mass is 147 g/mol. The lowest BCUT2D eigenvalue weighted by atomic mass is 10.7. The van der Waals surface area contributed by atoms with Gasteiger partial charge in [0, 0.05) is 12.3 Å². The zero-order valence-electron chi connectivity index (χ0n) is 5.29. The summed E-state index contributed by atoms with van der Waals surface area (Å²) in [5.41, 5.74) is 0. The van der Waals surface area contributed by atoms with Gasteiger partial charge in [-0.3, -0.25) is 4.90 Å². The maximum Gasteiger partial charge on any atom is 0.410 e. The van der Waals surface area contributed by atoms with Crippen LogP contribution in [0.15, 0.2) is 0 Å². The van der Waals surface area contributed by atoms with Crippen LogP contribution in [0.1, 0.15) is 0 Å². The quantitative estimate of drug-likeness (QED) is 0.506.